The van der Waals surface area contributed by atoms with Crippen LogP contribution in [0.2, 0.25) is 5.15 Å². The van der Waals surface area contributed by atoms with Crippen LogP contribution in [0, 0.1) is 38.5 Å². The molecule has 0 unspecified atom stereocenters. The van der Waals surface area contributed by atoms with E-state index in [1.165, 1.54) is 78.9 Å². The first kappa shape index (κ1) is 68.2. The lowest BCUT2D eigenvalue weighted by Gasteiger charge is -2.28. The van der Waals surface area contributed by atoms with E-state index in [1.54, 1.807) is 97.3 Å². The topological polar surface area (TPSA) is 231 Å². The van der Waals surface area contributed by atoms with Gasteiger partial charge in [-0.15, -0.1) is 0 Å². The molecule has 90 heavy (non-hydrogen) atoms. The van der Waals surface area contributed by atoms with E-state index in [0.29, 0.717) is 75.2 Å². The molecule has 7 N–H and O–H groups in total. The third-order valence-electron chi connectivity index (χ3n) is 14.6. The van der Waals surface area contributed by atoms with Crippen molar-refractivity contribution < 1.29 is 53.2 Å². The number of hydrogen-bond donors (Lipinski definition) is 5. The second-order valence-electron chi connectivity index (χ2n) is 21.0. The van der Waals surface area contributed by atoms with Crippen molar-refractivity contribution in [1.29, 1.82) is 0 Å². The highest BCUT2D eigenvalue weighted by Crippen LogP contribution is 2.31. The van der Waals surface area contributed by atoms with Gasteiger partial charge >= 0.3 is 7.12 Å². The van der Waals surface area contributed by atoms with Crippen molar-refractivity contribution in [1.82, 2.24) is 29.7 Å². The van der Waals surface area contributed by atoms with E-state index in [0.717, 1.165) is 40.7 Å². The molecule has 0 spiro atoms. The minimum absolute atomic E-state index is 0.0477. The Bertz CT molecular complexity index is 4340. The average Bonchev–Trinajstić information content (AvgIpc) is 1.04. The molecule has 2 aliphatic heterocycles. The summed E-state index contributed by atoms with van der Waals surface area (Å²) in [5, 5.41) is 21.2. The Morgan fingerprint density at radius 1 is 0.522 bits per heavy atom. The van der Waals surface area contributed by atoms with Gasteiger partial charge in [0.15, 0.2) is 29.7 Å². The van der Waals surface area contributed by atoms with Crippen LogP contribution >= 0.6 is 34.2 Å². The molecule has 0 radical (unpaired) electrons. The number of piperidine rings is 2. The molecule has 0 atom stereocenters. The largest absolute Gasteiger partial charge is 0.488 e. The zero-order valence-corrected chi connectivity index (χ0v) is 52.9. The van der Waals surface area contributed by atoms with Crippen molar-refractivity contribution in [3.05, 3.63) is 220 Å². The number of fused-ring (bicyclic) bond motifs is 2. The lowest BCUT2D eigenvalue weighted by molar-refractivity contribution is 0.277. The summed E-state index contributed by atoms with van der Waals surface area (Å²) < 4.78 is 131. The van der Waals surface area contributed by atoms with Crippen molar-refractivity contribution in [2.75, 3.05) is 57.1 Å². The number of halogens is 8. The standard InChI is InChI=1S/C26H24F2N4O2S.C14H16ClN3O2S.C12H9F2N.C6H6BFO2.C6H5FIN/c1-32-12-10-21(11-13-32)35(33,34)26-9-5-19-16-29-25(15-24(19)31-26)30-23-8-4-18(14-22(23)28)17-2-6-20(27)7-3-17;1-18-6-4-11(5-7-18)21(19,20)14-3-2-10-9-16-13(15)8-12(10)17-14;13-10-4-1-8(2-5-10)9-3-6-12(15)11(14)7-9;8-6-3-1-5(2-4-6)7(9)10;7-5-3-4(8)1-2-6(5)9/h2-9,14-16,21H,10-13H2,1H3,(H,29,30);2-3,8-9,11H,4-7H2,1H3;1-7H,15H2;1-4,9-10H;1-3H,9H2. The predicted molar refractivity (Wildman–Crippen MR) is 351 cm³/mol. The van der Waals surface area contributed by atoms with Crippen LogP contribution in [0.1, 0.15) is 25.7 Å². The lowest BCUT2D eigenvalue weighted by atomic mass is 9.80. The summed E-state index contributed by atoms with van der Waals surface area (Å²) >= 11 is 7.87. The summed E-state index contributed by atoms with van der Waals surface area (Å²) in [5.41, 5.74) is 15.2. The molecule has 2 saturated heterocycles. The lowest BCUT2D eigenvalue weighted by Crippen LogP contribution is -2.37. The predicted octanol–water partition coefficient (Wildman–Crippen LogP) is 12.1. The van der Waals surface area contributed by atoms with E-state index in [4.69, 9.17) is 33.1 Å². The van der Waals surface area contributed by atoms with Crippen molar-refractivity contribution in [2.45, 2.75) is 46.2 Å². The molecule has 2 aliphatic rings. The van der Waals surface area contributed by atoms with Gasteiger partial charge in [0, 0.05) is 38.9 Å². The van der Waals surface area contributed by atoms with Crippen molar-refractivity contribution in [3.63, 3.8) is 0 Å². The highest BCUT2D eigenvalue weighted by molar-refractivity contribution is 14.1. The number of nitrogen functional groups attached to an aromatic ring is 2. The molecule has 0 aliphatic carbocycles. The molecule has 26 heteroatoms. The number of aromatic nitrogens is 4. The molecule has 468 valence electrons. The van der Waals surface area contributed by atoms with Gasteiger partial charge in [0.25, 0.3) is 0 Å². The maximum atomic E-state index is 14.8. The van der Waals surface area contributed by atoms with Crippen LogP contribution in [0.3, 0.4) is 0 Å². The highest BCUT2D eigenvalue weighted by Gasteiger charge is 2.33. The maximum absolute atomic E-state index is 14.8. The number of benzene rings is 6. The smallest absolute Gasteiger partial charge is 0.423 e. The summed E-state index contributed by atoms with van der Waals surface area (Å²) in [6.45, 7) is 3.07. The molecule has 4 aromatic heterocycles. The minimum Gasteiger partial charge on any atom is -0.423 e. The van der Waals surface area contributed by atoms with Crippen LogP contribution < -0.4 is 22.2 Å². The van der Waals surface area contributed by atoms with Gasteiger partial charge in [-0.25, -0.2) is 63.1 Å². The number of anilines is 4. The van der Waals surface area contributed by atoms with Crippen LogP contribution in [-0.2, 0) is 19.7 Å². The van der Waals surface area contributed by atoms with E-state index in [2.05, 4.69) is 35.1 Å². The van der Waals surface area contributed by atoms with Crippen molar-refractivity contribution >= 4 is 111 Å². The van der Waals surface area contributed by atoms with Gasteiger partial charge in [0.2, 0.25) is 0 Å². The van der Waals surface area contributed by atoms with Crippen LogP contribution in [0.15, 0.2) is 186 Å². The van der Waals surface area contributed by atoms with Crippen LogP contribution in [0.5, 0.6) is 0 Å². The molecule has 15 nitrogen and oxygen atoms in total. The summed E-state index contributed by atoms with van der Waals surface area (Å²) in [5.74, 6) is -2.02. The van der Waals surface area contributed by atoms with Gasteiger partial charge in [-0.1, -0.05) is 60.1 Å². The summed E-state index contributed by atoms with van der Waals surface area (Å²) in [6.07, 6.45) is 5.62. The van der Waals surface area contributed by atoms with Crippen molar-refractivity contribution in [3.8, 4) is 22.3 Å². The van der Waals surface area contributed by atoms with E-state index in [1.807, 2.05) is 36.7 Å². The van der Waals surface area contributed by atoms with E-state index in [-0.39, 0.29) is 55.6 Å². The summed E-state index contributed by atoms with van der Waals surface area (Å²) in [4.78, 5) is 21.2. The number of rotatable bonds is 9. The van der Waals surface area contributed by atoms with E-state index < -0.39 is 43.7 Å². The summed E-state index contributed by atoms with van der Waals surface area (Å²) in [6, 6.07) is 40.3. The Hall–Kier alpha value is -7.76. The second kappa shape index (κ2) is 30.8. The molecular weight excluding hydrogens is 1340 g/mol. The average molecular weight is 1400 g/mol. The SMILES string of the molecule is CN1CCC(S(=O)(=O)c2ccc3cnc(Cl)cc3n2)CC1.CN1CCC(S(=O)(=O)c2ccc3cnc(Nc4ccc(-c5ccc(F)cc5)cc4F)cc3n2)CC1.Nc1ccc(-c2ccc(F)cc2)cc1F.Nc1ccc(I)cc1F.OB(O)c1ccc(F)cc1. The molecule has 6 aromatic carbocycles. The first-order chi connectivity index (χ1) is 42.8. The van der Waals surface area contributed by atoms with Gasteiger partial charge in [-0.2, -0.15) is 0 Å². The molecule has 0 saturated carbocycles. The molecule has 10 aromatic rings. The number of nitrogens with two attached hydrogens (primary N) is 2. The van der Waals surface area contributed by atoms with Crippen LogP contribution in [-0.4, -0.2) is 115 Å². The number of hydrogen-bond acceptors (Lipinski definition) is 15. The fourth-order valence-electron chi connectivity index (χ4n) is 9.35. The fourth-order valence-corrected chi connectivity index (χ4v) is 13.3. The molecule has 0 amide bonds. The number of nitrogens with zero attached hydrogens (tertiary/aromatic N) is 6. The normalized spacial score (nSPS) is 14.0. The highest BCUT2D eigenvalue weighted by atomic mass is 127. The minimum atomic E-state index is -3.55. The third-order valence-corrected chi connectivity index (χ3v) is 19.8. The Labute approximate surface area is 536 Å². The van der Waals surface area contributed by atoms with Gasteiger partial charge in [0.1, 0.15) is 45.9 Å². The van der Waals surface area contributed by atoms with Gasteiger partial charge in [-0.3, -0.25) is 0 Å². The van der Waals surface area contributed by atoms with Crippen molar-refractivity contribution in [2.24, 2.45) is 0 Å². The first-order valence-corrected chi connectivity index (χ1v) is 32.4. The van der Waals surface area contributed by atoms with Crippen LogP contribution in [0.25, 0.3) is 44.1 Å². The molecule has 0 bridgehead atoms. The number of sulfone groups is 2. The number of nitrogens with one attached hydrogen (secondary N) is 1. The van der Waals surface area contributed by atoms with Gasteiger partial charge in [0.05, 0.1) is 38.6 Å². The Balaban J connectivity index is 0.000000161. The van der Waals surface area contributed by atoms with E-state index >= 15 is 0 Å². The first-order valence-electron chi connectivity index (χ1n) is 27.8. The van der Waals surface area contributed by atoms with Gasteiger partial charge < -0.3 is 36.6 Å². The molecule has 12 rings (SSSR count). The zero-order valence-electron chi connectivity index (χ0n) is 48.3. The summed E-state index contributed by atoms with van der Waals surface area (Å²) in [7, 11) is -4.47. The second-order valence-corrected chi connectivity index (χ2v) is 27.0. The Morgan fingerprint density at radius 2 is 0.933 bits per heavy atom. The third kappa shape index (κ3) is 18.5. The fraction of sp³-hybridized carbons (Fsp3) is 0.188. The Kier molecular flexibility index (Phi) is 23.4. The van der Waals surface area contributed by atoms with E-state index in [9.17, 15) is 43.2 Å². The zero-order chi connectivity index (χ0) is 64.9. The monoisotopic (exact) mass is 1400 g/mol. The molecular formula is C64H60BClF6IN9O6S2. The molecule has 6 heterocycles. The number of pyridine rings is 4. The Morgan fingerprint density at radius 3 is 1.38 bits per heavy atom. The maximum Gasteiger partial charge on any atom is 0.488 e. The molecule has 2 fully saturated rings. The number of likely N-dealkylation sites (tertiary alicyclic amines) is 2. The van der Waals surface area contributed by atoms with Crippen LogP contribution in [0.4, 0.5) is 49.2 Å². The van der Waals surface area contributed by atoms with Gasteiger partial charge in [-0.05, 0) is 219 Å². The quantitative estimate of drug-likeness (QED) is 0.0297.